The van der Waals surface area contributed by atoms with Gasteiger partial charge in [0.15, 0.2) is 0 Å². The summed E-state index contributed by atoms with van der Waals surface area (Å²) in [5, 5.41) is 3.60. The molecule has 14 heavy (non-hydrogen) atoms. The number of hydrogen-bond acceptors (Lipinski definition) is 3. The van der Waals surface area contributed by atoms with Crippen molar-refractivity contribution in [3.63, 3.8) is 0 Å². The van der Waals surface area contributed by atoms with Gasteiger partial charge in [-0.05, 0) is 32.4 Å². The van der Waals surface area contributed by atoms with Crippen LogP contribution in [0.2, 0.25) is 0 Å². The molecule has 0 aromatic carbocycles. The second kappa shape index (κ2) is 5.69. The minimum Gasteiger partial charge on any atom is -0.379 e. The first-order valence-corrected chi connectivity index (χ1v) is 5.98. The Labute approximate surface area is 86.8 Å². The highest BCUT2D eigenvalue weighted by Gasteiger charge is 2.15. The molecule has 2 rings (SSSR count). The Morgan fingerprint density at radius 2 is 2.07 bits per heavy atom. The normalized spacial score (nSPS) is 30.4. The topological polar surface area (TPSA) is 24.5 Å². The molecular weight excluding hydrogens is 176 g/mol. The van der Waals surface area contributed by atoms with Gasteiger partial charge < -0.3 is 10.1 Å². The summed E-state index contributed by atoms with van der Waals surface area (Å²) < 4.78 is 5.33. The third-order valence-electron chi connectivity index (χ3n) is 3.31. The molecule has 1 atom stereocenters. The average Bonchev–Trinajstić information content (AvgIpc) is 2.29. The van der Waals surface area contributed by atoms with Gasteiger partial charge in [0.25, 0.3) is 0 Å². The average molecular weight is 198 g/mol. The smallest absolute Gasteiger partial charge is 0.0594 e. The number of nitrogens with one attached hydrogen (secondary N) is 1. The lowest BCUT2D eigenvalue weighted by atomic mass is 10.0. The molecular formula is C11H22N2O. The SMILES string of the molecule is C1CC[C@@H](CCN2CCOCC2)NC1. The molecule has 3 nitrogen and oxygen atoms in total. The lowest BCUT2D eigenvalue weighted by Crippen LogP contribution is -2.41. The molecule has 0 radical (unpaired) electrons. The van der Waals surface area contributed by atoms with Gasteiger partial charge >= 0.3 is 0 Å². The van der Waals surface area contributed by atoms with Crippen LogP contribution in [0.4, 0.5) is 0 Å². The van der Waals surface area contributed by atoms with E-state index in [1.807, 2.05) is 0 Å². The van der Waals surface area contributed by atoms with E-state index < -0.39 is 0 Å². The van der Waals surface area contributed by atoms with Gasteiger partial charge in [-0.25, -0.2) is 0 Å². The van der Waals surface area contributed by atoms with Crippen molar-refractivity contribution in [2.75, 3.05) is 39.4 Å². The summed E-state index contributed by atoms with van der Waals surface area (Å²) in [5.41, 5.74) is 0. The second-order valence-corrected chi connectivity index (χ2v) is 4.39. The van der Waals surface area contributed by atoms with Crippen LogP contribution in [0, 0.1) is 0 Å². The minimum atomic E-state index is 0.784. The summed E-state index contributed by atoms with van der Waals surface area (Å²) in [6.45, 7) is 6.60. The summed E-state index contributed by atoms with van der Waals surface area (Å²) in [7, 11) is 0. The third-order valence-corrected chi connectivity index (χ3v) is 3.31. The molecule has 3 heteroatoms. The Morgan fingerprint density at radius 1 is 1.21 bits per heavy atom. The molecule has 82 valence electrons. The zero-order valence-electron chi connectivity index (χ0n) is 9.00. The van der Waals surface area contributed by atoms with Gasteiger partial charge in [-0.15, -0.1) is 0 Å². The van der Waals surface area contributed by atoms with Gasteiger partial charge in [0.1, 0.15) is 0 Å². The van der Waals surface area contributed by atoms with Crippen molar-refractivity contribution in [2.24, 2.45) is 0 Å². The van der Waals surface area contributed by atoms with Crippen molar-refractivity contribution in [1.82, 2.24) is 10.2 Å². The van der Waals surface area contributed by atoms with E-state index in [4.69, 9.17) is 4.74 Å². The van der Waals surface area contributed by atoms with Crippen LogP contribution in [0.15, 0.2) is 0 Å². The molecule has 0 saturated carbocycles. The van der Waals surface area contributed by atoms with Crippen molar-refractivity contribution in [2.45, 2.75) is 31.7 Å². The Morgan fingerprint density at radius 3 is 2.79 bits per heavy atom. The molecule has 0 spiro atoms. The van der Waals surface area contributed by atoms with Gasteiger partial charge in [-0.3, -0.25) is 4.90 Å². The first kappa shape index (κ1) is 10.4. The fourth-order valence-corrected chi connectivity index (χ4v) is 2.33. The molecule has 2 fully saturated rings. The van der Waals surface area contributed by atoms with Gasteiger partial charge in [0, 0.05) is 19.1 Å². The largest absolute Gasteiger partial charge is 0.379 e. The number of ether oxygens (including phenoxy) is 1. The van der Waals surface area contributed by atoms with Crippen molar-refractivity contribution < 1.29 is 4.74 Å². The first-order chi connectivity index (χ1) is 6.95. The molecule has 2 aliphatic rings. The second-order valence-electron chi connectivity index (χ2n) is 4.39. The Balaban J connectivity index is 1.60. The monoisotopic (exact) mass is 198 g/mol. The van der Waals surface area contributed by atoms with Crippen LogP contribution in [0.5, 0.6) is 0 Å². The van der Waals surface area contributed by atoms with E-state index in [9.17, 15) is 0 Å². The quantitative estimate of drug-likeness (QED) is 0.727. The van der Waals surface area contributed by atoms with E-state index in [0.717, 1.165) is 32.3 Å². The maximum absolute atomic E-state index is 5.33. The van der Waals surface area contributed by atoms with Crippen LogP contribution in [0.1, 0.15) is 25.7 Å². The predicted octanol–water partition coefficient (Wildman–Crippen LogP) is 0.851. The number of morpholine rings is 1. The standard InChI is InChI=1S/C11H22N2O/c1-2-5-12-11(3-1)4-6-13-7-9-14-10-8-13/h11-12H,1-10H2/t11-/m0/s1. The van der Waals surface area contributed by atoms with Gasteiger partial charge in [0.05, 0.1) is 13.2 Å². The Hall–Kier alpha value is -0.120. The van der Waals surface area contributed by atoms with E-state index in [0.29, 0.717) is 0 Å². The van der Waals surface area contributed by atoms with Gasteiger partial charge in [0.2, 0.25) is 0 Å². The molecule has 0 bridgehead atoms. The predicted molar refractivity (Wildman–Crippen MR) is 57.5 cm³/mol. The van der Waals surface area contributed by atoms with Gasteiger partial charge in [-0.2, -0.15) is 0 Å². The maximum Gasteiger partial charge on any atom is 0.0594 e. The van der Waals surface area contributed by atoms with Crippen molar-refractivity contribution in [3.8, 4) is 0 Å². The lowest BCUT2D eigenvalue weighted by Gasteiger charge is -2.30. The summed E-state index contributed by atoms with van der Waals surface area (Å²) in [6.07, 6.45) is 5.49. The highest BCUT2D eigenvalue weighted by atomic mass is 16.5. The molecule has 1 N–H and O–H groups in total. The van der Waals surface area contributed by atoms with Crippen LogP contribution < -0.4 is 5.32 Å². The minimum absolute atomic E-state index is 0.784. The third kappa shape index (κ3) is 3.23. The van der Waals surface area contributed by atoms with E-state index in [1.165, 1.54) is 38.8 Å². The number of rotatable bonds is 3. The first-order valence-electron chi connectivity index (χ1n) is 5.98. The molecule has 2 heterocycles. The van der Waals surface area contributed by atoms with E-state index in [1.54, 1.807) is 0 Å². The summed E-state index contributed by atoms with van der Waals surface area (Å²) in [4.78, 5) is 2.53. The highest BCUT2D eigenvalue weighted by molar-refractivity contribution is 4.74. The molecule has 2 saturated heterocycles. The Bertz CT molecular complexity index is 133. The lowest BCUT2D eigenvalue weighted by molar-refractivity contribution is 0.0358. The number of piperidine rings is 1. The highest BCUT2D eigenvalue weighted by Crippen LogP contribution is 2.11. The van der Waals surface area contributed by atoms with E-state index >= 15 is 0 Å². The molecule has 0 aliphatic carbocycles. The summed E-state index contributed by atoms with van der Waals surface area (Å²) in [6, 6.07) is 0.784. The zero-order valence-corrected chi connectivity index (χ0v) is 9.00. The fraction of sp³-hybridized carbons (Fsp3) is 1.00. The maximum atomic E-state index is 5.33. The zero-order chi connectivity index (χ0) is 9.64. The summed E-state index contributed by atoms with van der Waals surface area (Å²) in [5.74, 6) is 0. The molecule has 0 aromatic rings. The molecule has 0 amide bonds. The number of hydrogen-bond donors (Lipinski definition) is 1. The fourth-order valence-electron chi connectivity index (χ4n) is 2.33. The van der Waals surface area contributed by atoms with Crippen LogP contribution in [-0.4, -0.2) is 50.3 Å². The van der Waals surface area contributed by atoms with Crippen molar-refractivity contribution in [3.05, 3.63) is 0 Å². The van der Waals surface area contributed by atoms with E-state index in [2.05, 4.69) is 10.2 Å². The van der Waals surface area contributed by atoms with E-state index in [-0.39, 0.29) is 0 Å². The van der Waals surface area contributed by atoms with Gasteiger partial charge in [-0.1, -0.05) is 6.42 Å². The van der Waals surface area contributed by atoms with Crippen molar-refractivity contribution in [1.29, 1.82) is 0 Å². The van der Waals surface area contributed by atoms with Crippen LogP contribution in [0.3, 0.4) is 0 Å². The molecule has 0 unspecified atom stereocenters. The number of nitrogens with zero attached hydrogens (tertiary/aromatic N) is 1. The Kier molecular flexibility index (Phi) is 4.22. The molecule has 0 aromatic heterocycles. The van der Waals surface area contributed by atoms with Crippen LogP contribution in [0.25, 0.3) is 0 Å². The van der Waals surface area contributed by atoms with Crippen LogP contribution in [-0.2, 0) is 4.74 Å². The van der Waals surface area contributed by atoms with Crippen molar-refractivity contribution >= 4 is 0 Å². The molecule has 2 aliphatic heterocycles. The van der Waals surface area contributed by atoms with Crippen LogP contribution >= 0.6 is 0 Å². The summed E-state index contributed by atoms with van der Waals surface area (Å²) >= 11 is 0.